The Morgan fingerprint density at radius 2 is 2.40 bits per heavy atom. The van der Waals surface area contributed by atoms with Gasteiger partial charge in [0.1, 0.15) is 12.1 Å². The number of nitrogens with two attached hydrogens (primary N) is 1. The summed E-state index contributed by atoms with van der Waals surface area (Å²) in [5.74, 6) is 1.01. The van der Waals surface area contributed by atoms with Gasteiger partial charge in [-0.3, -0.25) is 0 Å². The van der Waals surface area contributed by atoms with Crippen LogP contribution in [0.1, 0.15) is 26.2 Å². The van der Waals surface area contributed by atoms with Crippen LogP contribution in [0.2, 0.25) is 0 Å². The summed E-state index contributed by atoms with van der Waals surface area (Å²) in [6.45, 7) is 2.94. The molecule has 0 radical (unpaired) electrons. The summed E-state index contributed by atoms with van der Waals surface area (Å²) >= 11 is 0. The van der Waals surface area contributed by atoms with E-state index >= 15 is 0 Å². The molecular weight excluding hydrogens is 188 g/mol. The van der Waals surface area contributed by atoms with Crippen LogP contribution in [-0.4, -0.2) is 28.6 Å². The average Bonchev–Trinajstić information content (AvgIpc) is 2.29. The van der Waals surface area contributed by atoms with Crippen molar-refractivity contribution in [1.82, 2.24) is 9.97 Å². The minimum atomic E-state index is 0.434. The van der Waals surface area contributed by atoms with Crippen LogP contribution in [0.4, 0.5) is 5.82 Å². The van der Waals surface area contributed by atoms with Gasteiger partial charge in [-0.05, 0) is 32.3 Å². The van der Waals surface area contributed by atoms with Gasteiger partial charge < -0.3 is 10.6 Å². The molecule has 1 aromatic rings. The van der Waals surface area contributed by atoms with Crippen LogP contribution in [-0.2, 0) is 0 Å². The normalized spacial score (nSPS) is 26.7. The highest BCUT2D eigenvalue weighted by Crippen LogP contribution is 2.26. The van der Waals surface area contributed by atoms with Crippen molar-refractivity contribution in [2.75, 3.05) is 11.4 Å². The second kappa shape index (κ2) is 4.57. The molecule has 0 bridgehead atoms. The molecule has 2 unspecified atom stereocenters. The number of aromatic nitrogens is 2. The Labute approximate surface area is 90.5 Å². The SMILES string of the molecule is CC1CCCC(CN)N1c1ccncn1. The number of rotatable bonds is 2. The second-order valence-electron chi connectivity index (χ2n) is 4.14. The van der Waals surface area contributed by atoms with Gasteiger partial charge in [0.05, 0.1) is 0 Å². The highest BCUT2D eigenvalue weighted by Gasteiger charge is 2.27. The zero-order valence-electron chi connectivity index (χ0n) is 9.13. The molecule has 1 aromatic heterocycles. The van der Waals surface area contributed by atoms with Crippen molar-refractivity contribution in [1.29, 1.82) is 0 Å². The van der Waals surface area contributed by atoms with E-state index in [-0.39, 0.29) is 0 Å². The van der Waals surface area contributed by atoms with Crippen LogP contribution < -0.4 is 10.6 Å². The topological polar surface area (TPSA) is 55.0 Å². The fourth-order valence-electron chi connectivity index (χ4n) is 2.37. The minimum Gasteiger partial charge on any atom is -0.350 e. The summed E-state index contributed by atoms with van der Waals surface area (Å²) in [6, 6.07) is 2.93. The monoisotopic (exact) mass is 206 g/mol. The molecule has 2 rings (SSSR count). The Bertz CT molecular complexity index is 301. The van der Waals surface area contributed by atoms with E-state index in [1.807, 2.05) is 6.07 Å². The van der Waals surface area contributed by atoms with Gasteiger partial charge >= 0.3 is 0 Å². The molecule has 0 saturated carbocycles. The van der Waals surface area contributed by atoms with E-state index in [1.54, 1.807) is 12.5 Å². The Morgan fingerprint density at radius 1 is 1.53 bits per heavy atom. The molecule has 0 amide bonds. The molecule has 0 aliphatic carbocycles. The number of anilines is 1. The third-order valence-corrected chi connectivity index (χ3v) is 3.13. The maximum Gasteiger partial charge on any atom is 0.132 e. The zero-order valence-corrected chi connectivity index (χ0v) is 9.13. The minimum absolute atomic E-state index is 0.434. The lowest BCUT2D eigenvalue weighted by molar-refractivity contribution is 0.397. The third kappa shape index (κ3) is 2.09. The van der Waals surface area contributed by atoms with Gasteiger partial charge in [0.25, 0.3) is 0 Å². The molecule has 4 nitrogen and oxygen atoms in total. The van der Waals surface area contributed by atoms with Crippen molar-refractivity contribution in [2.24, 2.45) is 5.73 Å². The molecule has 0 aromatic carbocycles. The maximum atomic E-state index is 5.81. The largest absolute Gasteiger partial charge is 0.350 e. The lowest BCUT2D eigenvalue weighted by atomic mass is 9.96. The summed E-state index contributed by atoms with van der Waals surface area (Å²) in [5.41, 5.74) is 5.81. The molecule has 4 heteroatoms. The molecule has 2 heterocycles. The predicted molar refractivity (Wildman–Crippen MR) is 60.7 cm³/mol. The lowest BCUT2D eigenvalue weighted by Gasteiger charge is -2.41. The van der Waals surface area contributed by atoms with Gasteiger partial charge in [-0.15, -0.1) is 0 Å². The van der Waals surface area contributed by atoms with Gasteiger partial charge in [0.15, 0.2) is 0 Å². The first-order valence-corrected chi connectivity index (χ1v) is 5.57. The molecule has 1 aliphatic heterocycles. The second-order valence-corrected chi connectivity index (χ2v) is 4.14. The summed E-state index contributed by atoms with van der Waals surface area (Å²) in [6.07, 6.45) is 7.05. The average molecular weight is 206 g/mol. The first-order chi connectivity index (χ1) is 7.33. The van der Waals surface area contributed by atoms with Crippen molar-refractivity contribution in [3.63, 3.8) is 0 Å². The molecular formula is C11H18N4. The van der Waals surface area contributed by atoms with Gasteiger partial charge in [0, 0.05) is 24.8 Å². The standard InChI is InChI=1S/C11H18N4/c1-9-3-2-4-10(7-12)15(9)11-5-6-13-8-14-11/h5-6,8-10H,2-4,7,12H2,1H3. The number of hydrogen-bond donors (Lipinski definition) is 1. The van der Waals surface area contributed by atoms with Crippen LogP contribution in [0.15, 0.2) is 18.6 Å². The maximum absolute atomic E-state index is 5.81. The van der Waals surface area contributed by atoms with Crippen molar-refractivity contribution in [3.8, 4) is 0 Å². The molecule has 2 atom stereocenters. The molecule has 1 saturated heterocycles. The summed E-state index contributed by atoms with van der Waals surface area (Å²) in [7, 11) is 0. The summed E-state index contributed by atoms with van der Waals surface area (Å²) in [4.78, 5) is 10.6. The highest BCUT2D eigenvalue weighted by molar-refractivity contribution is 5.40. The Hall–Kier alpha value is -1.16. The van der Waals surface area contributed by atoms with Crippen LogP contribution >= 0.6 is 0 Å². The summed E-state index contributed by atoms with van der Waals surface area (Å²) in [5, 5.41) is 0. The van der Waals surface area contributed by atoms with Crippen LogP contribution in [0.5, 0.6) is 0 Å². The number of nitrogens with zero attached hydrogens (tertiary/aromatic N) is 3. The van der Waals surface area contributed by atoms with Gasteiger partial charge in [-0.25, -0.2) is 9.97 Å². The van der Waals surface area contributed by atoms with Crippen LogP contribution in [0.3, 0.4) is 0 Å². The van der Waals surface area contributed by atoms with Gasteiger partial charge in [-0.1, -0.05) is 0 Å². The molecule has 82 valence electrons. The lowest BCUT2D eigenvalue weighted by Crippen LogP contribution is -2.49. The molecule has 15 heavy (non-hydrogen) atoms. The highest BCUT2D eigenvalue weighted by atomic mass is 15.2. The van der Waals surface area contributed by atoms with E-state index in [1.165, 1.54) is 19.3 Å². The van der Waals surface area contributed by atoms with Crippen LogP contribution in [0.25, 0.3) is 0 Å². The van der Waals surface area contributed by atoms with E-state index in [0.29, 0.717) is 18.6 Å². The number of piperidine rings is 1. The van der Waals surface area contributed by atoms with E-state index in [4.69, 9.17) is 5.73 Å². The van der Waals surface area contributed by atoms with Crippen molar-refractivity contribution < 1.29 is 0 Å². The molecule has 2 N–H and O–H groups in total. The quantitative estimate of drug-likeness (QED) is 0.789. The fraction of sp³-hybridized carbons (Fsp3) is 0.636. The smallest absolute Gasteiger partial charge is 0.132 e. The molecule has 0 spiro atoms. The van der Waals surface area contributed by atoms with Gasteiger partial charge in [-0.2, -0.15) is 0 Å². The fourth-order valence-corrected chi connectivity index (χ4v) is 2.37. The van der Waals surface area contributed by atoms with Crippen molar-refractivity contribution in [3.05, 3.63) is 18.6 Å². The Kier molecular flexibility index (Phi) is 3.16. The number of hydrogen-bond acceptors (Lipinski definition) is 4. The third-order valence-electron chi connectivity index (χ3n) is 3.13. The van der Waals surface area contributed by atoms with Gasteiger partial charge in [0.2, 0.25) is 0 Å². The van der Waals surface area contributed by atoms with E-state index in [0.717, 1.165) is 5.82 Å². The van der Waals surface area contributed by atoms with Crippen molar-refractivity contribution in [2.45, 2.75) is 38.3 Å². The van der Waals surface area contributed by atoms with Crippen LogP contribution in [0, 0.1) is 0 Å². The Balaban J connectivity index is 2.23. The zero-order chi connectivity index (χ0) is 10.7. The first kappa shape index (κ1) is 10.4. The van der Waals surface area contributed by atoms with E-state index < -0.39 is 0 Å². The summed E-state index contributed by atoms with van der Waals surface area (Å²) < 4.78 is 0. The first-order valence-electron chi connectivity index (χ1n) is 5.57. The predicted octanol–water partition coefficient (Wildman–Crippen LogP) is 1.18. The molecule has 1 aliphatic rings. The van der Waals surface area contributed by atoms with E-state index in [2.05, 4.69) is 21.8 Å². The molecule has 1 fully saturated rings. The van der Waals surface area contributed by atoms with E-state index in [9.17, 15) is 0 Å². The van der Waals surface area contributed by atoms with Crippen molar-refractivity contribution >= 4 is 5.82 Å². The Morgan fingerprint density at radius 3 is 3.07 bits per heavy atom.